The molecule has 2 atom stereocenters. The third-order valence-electron chi connectivity index (χ3n) is 4.64. The molecule has 0 aliphatic carbocycles. The summed E-state index contributed by atoms with van der Waals surface area (Å²) in [5, 5.41) is 21.0. The van der Waals surface area contributed by atoms with Gasteiger partial charge in [0.1, 0.15) is 17.2 Å². The molecule has 29 heavy (non-hydrogen) atoms. The number of hydrogen-bond donors (Lipinski definition) is 3. The highest BCUT2D eigenvalue weighted by atomic mass is 19.1. The Labute approximate surface area is 170 Å². The summed E-state index contributed by atoms with van der Waals surface area (Å²) in [5.41, 5.74) is -0.544. The van der Waals surface area contributed by atoms with Crippen molar-refractivity contribution in [2.75, 3.05) is 33.7 Å². The Morgan fingerprint density at radius 1 is 1.31 bits per heavy atom. The van der Waals surface area contributed by atoms with E-state index in [0.717, 1.165) is 0 Å². The van der Waals surface area contributed by atoms with Gasteiger partial charge in [-0.1, -0.05) is 6.07 Å². The summed E-state index contributed by atoms with van der Waals surface area (Å²) in [7, 11) is 5.29. The molecule has 1 aromatic heterocycles. The van der Waals surface area contributed by atoms with E-state index in [2.05, 4.69) is 20.7 Å². The molecule has 3 N–H and O–H groups in total. The van der Waals surface area contributed by atoms with E-state index in [1.54, 1.807) is 50.0 Å². The molecule has 0 fully saturated rings. The molecule has 0 radical (unpaired) electrons. The number of aliphatic hydroxyl groups is 1. The molecule has 2 rings (SSSR count). The van der Waals surface area contributed by atoms with Crippen LogP contribution in [0.1, 0.15) is 31.0 Å². The predicted octanol–water partition coefficient (Wildman–Crippen LogP) is 1.76. The fourth-order valence-corrected chi connectivity index (χ4v) is 2.93. The van der Waals surface area contributed by atoms with E-state index in [-0.39, 0.29) is 18.7 Å². The minimum Gasteiger partial charge on any atom is -0.383 e. The predicted molar refractivity (Wildman–Crippen MR) is 110 cm³/mol. The van der Waals surface area contributed by atoms with Gasteiger partial charge in [0, 0.05) is 37.5 Å². The van der Waals surface area contributed by atoms with E-state index in [1.165, 1.54) is 18.2 Å². The van der Waals surface area contributed by atoms with Crippen molar-refractivity contribution in [3.05, 3.63) is 53.4 Å². The van der Waals surface area contributed by atoms with E-state index >= 15 is 0 Å². The number of likely N-dealkylation sites (N-methyl/N-ethyl adjacent to an activating group) is 1. The van der Waals surface area contributed by atoms with Gasteiger partial charge < -0.3 is 20.6 Å². The molecule has 1 heterocycles. The Hall–Kier alpha value is -2.52. The Morgan fingerprint density at radius 3 is 2.48 bits per heavy atom. The zero-order valence-electron chi connectivity index (χ0n) is 17.6. The third kappa shape index (κ3) is 5.98. The molecule has 0 aliphatic heterocycles. The average molecular weight is 408 g/mol. The van der Waals surface area contributed by atoms with Gasteiger partial charge in [-0.25, -0.2) is 13.8 Å². The standard InChI is InChI=1S/C20H30F2N6O/c1-6-23-19(25-13-20(2,29)14-10-26-28(5)12-14)24-11-17(27(3)4)18-15(21)8-7-9-16(18)22/h7-10,12,17,29H,6,11,13H2,1-5H3,(H2,23,24,25). The number of rotatable bonds is 8. The van der Waals surface area contributed by atoms with Gasteiger partial charge in [-0.2, -0.15) is 5.10 Å². The lowest BCUT2D eigenvalue weighted by Gasteiger charge is -2.27. The molecule has 0 amide bonds. The van der Waals surface area contributed by atoms with Crippen molar-refractivity contribution in [1.29, 1.82) is 0 Å². The summed E-state index contributed by atoms with van der Waals surface area (Å²) in [6, 6.07) is 3.30. The van der Waals surface area contributed by atoms with Gasteiger partial charge in [-0.05, 0) is 40.1 Å². The Morgan fingerprint density at radius 2 is 1.97 bits per heavy atom. The molecule has 0 bridgehead atoms. The van der Waals surface area contributed by atoms with E-state index in [1.807, 2.05) is 6.92 Å². The van der Waals surface area contributed by atoms with Crippen molar-refractivity contribution >= 4 is 5.96 Å². The van der Waals surface area contributed by atoms with E-state index in [4.69, 9.17) is 0 Å². The summed E-state index contributed by atoms with van der Waals surface area (Å²) in [5.74, 6) is -0.737. The Bertz CT molecular complexity index is 814. The maximum Gasteiger partial charge on any atom is 0.191 e. The maximum absolute atomic E-state index is 14.2. The monoisotopic (exact) mass is 408 g/mol. The molecular formula is C20H30F2N6O. The molecular weight excluding hydrogens is 378 g/mol. The van der Waals surface area contributed by atoms with Crippen molar-refractivity contribution < 1.29 is 13.9 Å². The molecule has 0 saturated carbocycles. The lowest BCUT2D eigenvalue weighted by molar-refractivity contribution is 0.0671. The fraction of sp³-hybridized carbons (Fsp3) is 0.500. The second kappa shape index (κ2) is 9.80. The van der Waals surface area contributed by atoms with Crippen molar-refractivity contribution in [2.24, 2.45) is 12.0 Å². The number of nitrogens with one attached hydrogen (secondary N) is 2. The molecule has 7 nitrogen and oxygen atoms in total. The quantitative estimate of drug-likeness (QED) is 0.458. The largest absolute Gasteiger partial charge is 0.383 e. The minimum absolute atomic E-state index is 0.00297. The molecule has 9 heteroatoms. The highest BCUT2D eigenvalue weighted by molar-refractivity contribution is 5.79. The van der Waals surface area contributed by atoms with Gasteiger partial charge in [-0.15, -0.1) is 0 Å². The zero-order chi connectivity index (χ0) is 21.6. The van der Waals surface area contributed by atoms with Crippen LogP contribution in [0.15, 0.2) is 35.6 Å². The number of aryl methyl sites for hydroxylation is 1. The smallest absolute Gasteiger partial charge is 0.191 e. The molecule has 2 aromatic rings. The normalized spacial score (nSPS) is 15.3. The number of guanidine groups is 1. The van der Waals surface area contributed by atoms with Crippen molar-refractivity contribution in [3.8, 4) is 0 Å². The van der Waals surface area contributed by atoms with E-state index < -0.39 is 23.3 Å². The highest BCUT2D eigenvalue weighted by Crippen LogP contribution is 2.24. The first-order valence-corrected chi connectivity index (χ1v) is 9.49. The lowest BCUT2D eigenvalue weighted by atomic mass is 10.0. The summed E-state index contributed by atoms with van der Waals surface area (Å²) >= 11 is 0. The molecule has 0 aliphatic rings. The van der Waals surface area contributed by atoms with Gasteiger partial charge in [0.25, 0.3) is 0 Å². The van der Waals surface area contributed by atoms with Crippen molar-refractivity contribution in [3.63, 3.8) is 0 Å². The summed E-state index contributed by atoms with van der Waals surface area (Å²) < 4.78 is 30.1. The zero-order valence-corrected chi connectivity index (χ0v) is 17.6. The van der Waals surface area contributed by atoms with Crippen LogP contribution >= 0.6 is 0 Å². The number of halogens is 2. The Kier molecular flexibility index (Phi) is 7.69. The lowest BCUT2D eigenvalue weighted by Crippen LogP contribution is -2.43. The third-order valence-corrected chi connectivity index (χ3v) is 4.64. The van der Waals surface area contributed by atoms with Crippen LogP contribution in [-0.2, 0) is 12.6 Å². The second-order valence-electron chi connectivity index (χ2n) is 7.37. The Balaban J connectivity index is 2.15. The average Bonchev–Trinajstić information content (AvgIpc) is 3.09. The molecule has 1 aromatic carbocycles. The number of benzene rings is 1. The minimum atomic E-state index is -1.20. The van der Waals surface area contributed by atoms with Gasteiger partial charge in [0.15, 0.2) is 5.96 Å². The SMILES string of the molecule is CCNC(=NCC(C)(O)c1cnn(C)c1)NCC(c1c(F)cccc1F)N(C)C. The first kappa shape index (κ1) is 22.8. The molecule has 160 valence electrons. The second-order valence-corrected chi connectivity index (χ2v) is 7.37. The fourth-order valence-electron chi connectivity index (χ4n) is 2.93. The molecule has 2 unspecified atom stereocenters. The summed E-state index contributed by atoms with van der Waals surface area (Å²) in [6.07, 6.45) is 3.33. The number of nitrogens with zero attached hydrogens (tertiary/aromatic N) is 4. The van der Waals surface area contributed by atoms with Crippen molar-refractivity contribution in [2.45, 2.75) is 25.5 Å². The van der Waals surface area contributed by atoms with Gasteiger partial charge in [0.2, 0.25) is 0 Å². The van der Waals surface area contributed by atoms with Crippen LogP contribution in [0.3, 0.4) is 0 Å². The van der Waals surface area contributed by atoms with Crippen LogP contribution in [-0.4, -0.2) is 59.5 Å². The summed E-state index contributed by atoms with van der Waals surface area (Å²) in [6.45, 7) is 4.49. The number of aromatic nitrogens is 2. The van der Waals surface area contributed by atoms with Crippen LogP contribution in [0.25, 0.3) is 0 Å². The summed E-state index contributed by atoms with van der Waals surface area (Å²) in [4.78, 5) is 6.18. The number of hydrogen-bond acceptors (Lipinski definition) is 4. The van der Waals surface area contributed by atoms with Gasteiger partial charge in [-0.3, -0.25) is 4.68 Å². The molecule has 0 saturated heterocycles. The molecule has 0 spiro atoms. The van der Waals surface area contributed by atoms with Crippen LogP contribution in [0.5, 0.6) is 0 Å². The highest BCUT2D eigenvalue weighted by Gasteiger charge is 2.25. The van der Waals surface area contributed by atoms with Crippen LogP contribution < -0.4 is 10.6 Å². The van der Waals surface area contributed by atoms with Crippen LogP contribution in [0.2, 0.25) is 0 Å². The number of aliphatic imine (C=N–C) groups is 1. The van der Waals surface area contributed by atoms with E-state index in [9.17, 15) is 13.9 Å². The maximum atomic E-state index is 14.2. The van der Waals surface area contributed by atoms with E-state index in [0.29, 0.717) is 18.1 Å². The van der Waals surface area contributed by atoms with Gasteiger partial charge >= 0.3 is 0 Å². The topological polar surface area (TPSA) is 77.7 Å². The first-order valence-electron chi connectivity index (χ1n) is 9.49. The van der Waals surface area contributed by atoms with Crippen LogP contribution in [0.4, 0.5) is 8.78 Å². The van der Waals surface area contributed by atoms with Gasteiger partial charge in [0.05, 0.1) is 18.8 Å². The van der Waals surface area contributed by atoms with Crippen LogP contribution in [0, 0.1) is 11.6 Å². The first-order chi connectivity index (χ1) is 13.7. The van der Waals surface area contributed by atoms with Crippen molar-refractivity contribution in [1.82, 2.24) is 25.3 Å².